The first-order valence-corrected chi connectivity index (χ1v) is 7.74. The van der Waals surface area contributed by atoms with E-state index in [-0.39, 0.29) is 17.2 Å². The van der Waals surface area contributed by atoms with Crippen molar-refractivity contribution in [2.75, 3.05) is 13.7 Å². The number of phenolic OH excluding ortho intramolecular Hbond substituents is 1. The number of phenols is 1. The standard InChI is InChI=1S/C18H19N3O3/c1-24-13-7-8-14(17(22)11-13)18(23)19-9-4-10-21-12-20-15-5-2-3-6-16(15)21/h2-3,5-8,11-12,22H,4,9-10H2,1H3,(H,19,23). The number of carbonyl (C=O) groups excluding carboxylic acids is 1. The molecule has 0 radical (unpaired) electrons. The van der Waals surface area contributed by atoms with Crippen molar-refractivity contribution in [3.63, 3.8) is 0 Å². The second kappa shape index (κ2) is 7.04. The van der Waals surface area contributed by atoms with Crippen molar-refractivity contribution >= 4 is 16.9 Å². The molecule has 1 heterocycles. The maximum Gasteiger partial charge on any atom is 0.255 e. The molecular weight excluding hydrogens is 306 g/mol. The van der Waals surface area contributed by atoms with Crippen LogP contribution in [-0.2, 0) is 6.54 Å². The summed E-state index contributed by atoms with van der Waals surface area (Å²) in [6, 6.07) is 12.6. The lowest BCUT2D eigenvalue weighted by atomic mass is 10.1. The van der Waals surface area contributed by atoms with Crippen molar-refractivity contribution in [2.45, 2.75) is 13.0 Å². The summed E-state index contributed by atoms with van der Waals surface area (Å²) in [5.74, 6) is 0.120. The Hall–Kier alpha value is -3.02. The Bertz CT molecular complexity index is 858. The van der Waals surface area contributed by atoms with E-state index in [2.05, 4.69) is 14.9 Å². The van der Waals surface area contributed by atoms with Crippen LogP contribution in [0.15, 0.2) is 48.8 Å². The number of ether oxygens (including phenoxy) is 1. The molecule has 0 spiro atoms. The van der Waals surface area contributed by atoms with Crippen molar-refractivity contribution in [3.8, 4) is 11.5 Å². The molecule has 0 atom stereocenters. The Morgan fingerprint density at radius 2 is 2.12 bits per heavy atom. The van der Waals surface area contributed by atoms with Gasteiger partial charge in [-0.05, 0) is 30.7 Å². The number of hydrogen-bond acceptors (Lipinski definition) is 4. The zero-order valence-corrected chi connectivity index (χ0v) is 13.4. The molecule has 2 N–H and O–H groups in total. The second-order valence-electron chi connectivity index (χ2n) is 5.42. The summed E-state index contributed by atoms with van der Waals surface area (Å²) in [5, 5.41) is 12.7. The molecule has 6 heteroatoms. The summed E-state index contributed by atoms with van der Waals surface area (Å²) >= 11 is 0. The Morgan fingerprint density at radius 3 is 2.92 bits per heavy atom. The maximum absolute atomic E-state index is 12.1. The van der Waals surface area contributed by atoms with Gasteiger partial charge in [-0.2, -0.15) is 0 Å². The number of imidazole rings is 1. The molecule has 0 saturated heterocycles. The van der Waals surface area contributed by atoms with Crippen LogP contribution in [0.1, 0.15) is 16.8 Å². The van der Waals surface area contributed by atoms with Gasteiger partial charge in [0.15, 0.2) is 0 Å². The van der Waals surface area contributed by atoms with Gasteiger partial charge in [0, 0.05) is 19.2 Å². The minimum Gasteiger partial charge on any atom is -0.507 e. The molecule has 24 heavy (non-hydrogen) atoms. The fourth-order valence-corrected chi connectivity index (χ4v) is 2.57. The van der Waals surface area contributed by atoms with Gasteiger partial charge in [-0.1, -0.05) is 12.1 Å². The van der Waals surface area contributed by atoms with Crippen molar-refractivity contribution in [1.29, 1.82) is 0 Å². The van der Waals surface area contributed by atoms with Gasteiger partial charge in [0.2, 0.25) is 0 Å². The first-order chi connectivity index (χ1) is 11.7. The van der Waals surface area contributed by atoms with Crippen LogP contribution in [0.2, 0.25) is 0 Å². The molecule has 1 aromatic heterocycles. The topological polar surface area (TPSA) is 76.4 Å². The van der Waals surface area contributed by atoms with Gasteiger partial charge in [0.1, 0.15) is 11.5 Å². The van der Waals surface area contributed by atoms with E-state index in [1.807, 2.05) is 30.6 Å². The molecule has 0 aliphatic rings. The molecule has 3 rings (SSSR count). The molecule has 6 nitrogen and oxygen atoms in total. The molecular formula is C18H19N3O3. The highest BCUT2D eigenvalue weighted by Gasteiger charge is 2.11. The number of hydrogen-bond donors (Lipinski definition) is 2. The van der Waals surface area contributed by atoms with Gasteiger partial charge in [0.05, 0.1) is 30.0 Å². The SMILES string of the molecule is COc1ccc(C(=O)NCCCn2cnc3ccccc32)c(O)c1. The normalized spacial score (nSPS) is 10.7. The molecule has 0 aliphatic carbocycles. The quantitative estimate of drug-likeness (QED) is 0.683. The number of carbonyl (C=O) groups is 1. The third-order valence-corrected chi connectivity index (χ3v) is 3.84. The number of nitrogens with zero attached hydrogens (tertiary/aromatic N) is 2. The van der Waals surface area contributed by atoms with Crippen molar-refractivity contribution < 1.29 is 14.6 Å². The van der Waals surface area contributed by atoms with Crippen LogP contribution < -0.4 is 10.1 Å². The van der Waals surface area contributed by atoms with Crippen LogP contribution in [0, 0.1) is 0 Å². The van der Waals surface area contributed by atoms with E-state index < -0.39 is 0 Å². The fraction of sp³-hybridized carbons (Fsp3) is 0.222. The van der Waals surface area contributed by atoms with E-state index >= 15 is 0 Å². The van der Waals surface area contributed by atoms with E-state index in [0.717, 1.165) is 24.0 Å². The van der Waals surface area contributed by atoms with Crippen molar-refractivity contribution in [2.24, 2.45) is 0 Å². The molecule has 0 unspecified atom stereocenters. The number of methoxy groups -OCH3 is 1. The predicted octanol–water partition coefficient (Wildman–Crippen LogP) is 2.57. The molecule has 2 aromatic carbocycles. The molecule has 1 amide bonds. The molecule has 0 aliphatic heterocycles. The van der Waals surface area contributed by atoms with Crippen LogP contribution in [0.25, 0.3) is 11.0 Å². The lowest BCUT2D eigenvalue weighted by molar-refractivity contribution is 0.0950. The maximum atomic E-state index is 12.1. The number of aromatic hydroxyl groups is 1. The van der Waals surface area contributed by atoms with E-state index in [9.17, 15) is 9.90 Å². The number of amides is 1. The number of benzene rings is 2. The van der Waals surface area contributed by atoms with Gasteiger partial charge in [0.25, 0.3) is 5.91 Å². The first kappa shape index (κ1) is 15.9. The van der Waals surface area contributed by atoms with Crippen LogP contribution >= 0.6 is 0 Å². The highest BCUT2D eigenvalue weighted by Crippen LogP contribution is 2.23. The highest BCUT2D eigenvalue weighted by atomic mass is 16.5. The summed E-state index contributed by atoms with van der Waals surface area (Å²) in [5.41, 5.74) is 2.28. The minimum atomic E-state index is -0.300. The summed E-state index contributed by atoms with van der Waals surface area (Å²) < 4.78 is 7.07. The zero-order chi connectivity index (χ0) is 16.9. The van der Waals surface area contributed by atoms with Crippen LogP contribution in [0.5, 0.6) is 11.5 Å². The highest BCUT2D eigenvalue weighted by molar-refractivity contribution is 5.96. The molecule has 0 fully saturated rings. The Kier molecular flexibility index (Phi) is 4.65. The second-order valence-corrected chi connectivity index (χ2v) is 5.42. The minimum absolute atomic E-state index is 0.0903. The van der Waals surface area contributed by atoms with E-state index in [1.165, 1.54) is 13.2 Å². The van der Waals surface area contributed by atoms with E-state index in [1.54, 1.807) is 12.1 Å². The predicted molar refractivity (Wildman–Crippen MR) is 91.3 cm³/mol. The number of rotatable bonds is 6. The summed E-state index contributed by atoms with van der Waals surface area (Å²) in [7, 11) is 1.51. The monoisotopic (exact) mass is 325 g/mol. The smallest absolute Gasteiger partial charge is 0.255 e. The van der Waals surface area contributed by atoms with Gasteiger partial charge >= 0.3 is 0 Å². The number of aryl methyl sites for hydroxylation is 1. The molecule has 124 valence electrons. The lowest BCUT2D eigenvalue weighted by Crippen LogP contribution is -2.25. The largest absolute Gasteiger partial charge is 0.507 e. The van der Waals surface area contributed by atoms with Gasteiger partial charge < -0.3 is 19.7 Å². The average Bonchev–Trinajstić information content (AvgIpc) is 3.01. The fourth-order valence-electron chi connectivity index (χ4n) is 2.57. The lowest BCUT2D eigenvalue weighted by Gasteiger charge is -2.09. The Balaban J connectivity index is 1.54. The number of aromatic nitrogens is 2. The van der Waals surface area contributed by atoms with Gasteiger partial charge in [-0.25, -0.2) is 4.98 Å². The van der Waals surface area contributed by atoms with Crippen LogP contribution in [0.4, 0.5) is 0 Å². The number of para-hydroxylation sites is 2. The van der Waals surface area contributed by atoms with Crippen molar-refractivity contribution in [3.05, 3.63) is 54.4 Å². The van der Waals surface area contributed by atoms with Crippen LogP contribution in [-0.4, -0.2) is 34.2 Å². The summed E-state index contributed by atoms with van der Waals surface area (Å²) in [4.78, 5) is 16.4. The third kappa shape index (κ3) is 3.32. The van der Waals surface area contributed by atoms with Gasteiger partial charge in [-0.3, -0.25) is 4.79 Å². The Morgan fingerprint density at radius 1 is 1.29 bits per heavy atom. The van der Waals surface area contributed by atoms with Crippen LogP contribution in [0.3, 0.4) is 0 Å². The average molecular weight is 325 g/mol. The Labute approximate surface area is 139 Å². The zero-order valence-electron chi connectivity index (χ0n) is 13.4. The van der Waals surface area contributed by atoms with Crippen molar-refractivity contribution in [1.82, 2.24) is 14.9 Å². The summed E-state index contributed by atoms with van der Waals surface area (Å²) in [6.45, 7) is 1.27. The number of nitrogens with one attached hydrogen (secondary N) is 1. The number of fused-ring (bicyclic) bond motifs is 1. The van der Waals surface area contributed by atoms with E-state index in [0.29, 0.717) is 12.3 Å². The van der Waals surface area contributed by atoms with Gasteiger partial charge in [-0.15, -0.1) is 0 Å². The molecule has 0 saturated carbocycles. The van der Waals surface area contributed by atoms with E-state index in [4.69, 9.17) is 4.74 Å². The summed E-state index contributed by atoms with van der Waals surface area (Å²) in [6.07, 6.45) is 2.57. The first-order valence-electron chi connectivity index (χ1n) is 7.74. The molecule has 0 bridgehead atoms. The molecule has 3 aromatic rings. The third-order valence-electron chi connectivity index (χ3n) is 3.84.